The average Bonchev–Trinajstić information content (AvgIpc) is 3.88. The fraction of sp³-hybridized carbons (Fsp3) is 0.146. The normalized spacial score (nSPS) is 24.5. The maximum atomic E-state index is 4.82. The number of hydrogen-bond acceptors (Lipinski definition) is 3. The summed E-state index contributed by atoms with van der Waals surface area (Å²) in [5.74, 6) is 7.18. The van der Waals surface area contributed by atoms with Gasteiger partial charge in [0.15, 0.2) is 0 Å². The molecule has 0 heterocycles. The molecule has 0 radical (unpaired) electrons. The molecular weight excluding hydrogens is 637 g/mol. The second-order valence-corrected chi connectivity index (χ2v) is 14.6. The standard InChI is InChI=1S/C48H40N2S/c1-33-14-7-8-24-46(33)51-35(3)15-9-10-31-49-45-23-13-22-44-47(45)41-19-12-21-43(41)48(44)34(2)32-40(30-27-38-18-11-20-42(38)48)50-39-28-25-37(26-29-39)36-16-5-4-6-17-36/h4-10,14-21,24-25,27-28,30-32,45,49-50H,2-3,11,23,26,29H2,1H3/b15-9-,30-27-,31-10-,40-32+. The topological polar surface area (TPSA) is 24.1 Å². The van der Waals surface area contributed by atoms with Gasteiger partial charge in [-0.1, -0.05) is 116 Å². The molecule has 0 amide bonds. The number of benzene rings is 2. The maximum Gasteiger partial charge on any atom is 0.0794 e. The number of allylic oxidation sites excluding steroid dienone is 18. The van der Waals surface area contributed by atoms with E-state index in [4.69, 9.17) is 6.58 Å². The molecule has 0 aromatic heterocycles. The van der Waals surface area contributed by atoms with Crippen LogP contribution in [0.2, 0.25) is 0 Å². The van der Waals surface area contributed by atoms with Crippen molar-refractivity contribution in [3.8, 4) is 11.8 Å². The van der Waals surface area contributed by atoms with Gasteiger partial charge in [-0.2, -0.15) is 0 Å². The average molecular weight is 677 g/mol. The molecular formula is C48H40N2S. The van der Waals surface area contributed by atoms with E-state index in [9.17, 15) is 0 Å². The van der Waals surface area contributed by atoms with Crippen LogP contribution in [0.1, 0.15) is 36.8 Å². The number of nitrogens with one attached hydrogen (secondary N) is 2. The largest absolute Gasteiger partial charge is 0.383 e. The van der Waals surface area contributed by atoms with Crippen LogP contribution in [0.4, 0.5) is 0 Å². The monoisotopic (exact) mass is 676 g/mol. The zero-order valence-corrected chi connectivity index (χ0v) is 29.7. The van der Waals surface area contributed by atoms with E-state index in [0.717, 1.165) is 47.4 Å². The van der Waals surface area contributed by atoms with E-state index >= 15 is 0 Å². The predicted octanol–water partition coefficient (Wildman–Crippen LogP) is 11.0. The molecule has 2 N–H and O–H groups in total. The van der Waals surface area contributed by atoms with Crippen LogP contribution >= 0.6 is 11.8 Å². The fourth-order valence-electron chi connectivity index (χ4n) is 7.88. The van der Waals surface area contributed by atoms with Crippen LogP contribution in [0.5, 0.6) is 0 Å². The molecule has 0 saturated heterocycles. The van der Waals surface area contributed by atoms with Crippen LogP contribution in [0.25, 0.3) is 5.57 Å². The van der Waals surface area contributed by atoms with Crippen molar-refractivity contribution < 1.29 is 0 Å². The molecule has 8 rings (SSSR count). The third-order valence-corrected chi connectivity index (χ3v) is 11.4. The van der Waals surface area contributed by atoms with Gasteiger partial charge in [0, 0.05) is 33.2 Å². The number of aryl methyl sites for hydroxylation is 1. The highest BCUT2D eigenvalue weighted by Crippen LogP contribution is 2.62. The van der Waals surface area contributed by atoms with E-state index in [-0.39, 0.29) is 6.04 Å². The van der Waals surface area contributed by atoms with E-state index in [1.807, 2.05) is 18.4 Å². The summed E-state index contributed by atoms with van der Waals surface area (Å²) in [6.07, 6.45) is 31.9. The lowest BCUT2D eigenvalue weighted by Gasteiger charge is -2.38. The lowest BCUT2D eigenvalue weighted by molar-refractivity contribution is 0.647. The van der Waals surface area contributed by atoms with Gasteiger partial charge in [-0.05, 0) is 131 Å². The zero-order valence-electron chi connectivity index (χ0n) is 28.9. The van der Waals surface area contributed by atoms with Gasteiger partial charge in [0.25, 0.3) is 0 Å². The zero-order chi connectivity index (χ0) is 34.8. The molecule has 0 bridgehead atoms. The van der Waals surface area contributed by atoms with Crippen LogP contribution in [-0.4, -0.2) is 6.04 Å². The summed E-state index contributed by atoms with van der Waals surface area (Å²) < 4.78 is 0. The minimum atomic E-state index is -0.562. The van der Waals surface area contributed by atoms with Crippen molar-refractivity contribution in [1.82, 2.24) is 10.6 Å². The summed E-state index contributed by atoms with van der Waals surface area (Å²) in [6, 6.07) is 19.1. The van der Waals surface area contributed by atoms with E-state index in [2.05, 4.69) is 157 Å². The molecule has 2 aromatic rings. The Bertz CT molecular complexity index is 2300. The van der Waals surface area contributed by atoms with Gasteiger partial charge >= 0.3 is 0 Å². The lowest BCUT2D eigenvalue weighted by Crippen LogP contribution is -2.33. The van der Waals surface area contributed by atoms with Crippen LogP contribution in [-0.2, 0) is 0 Å². The van der Waals surface area contributed by atoms with Crippen molar-refractivity contribution in [3.05, 3.63) is 219 Å². The molecule has 2 nitrogen and oxygen atoms in total. The number of hydrogen-bond donors (Lipinski definition) is 2. The molecule has 2 atom stereocenters. The minimum absolute atomic E-state index is 0.0483. The molecule has 1 spiro atoms. The first-order valence-electron chi connectivity index (χ1n) is 17.7. The van der Waals surface area contributed by atoms with Crippen molar-refractivity contribution in [2.45, 2.75) is 43.5 Å². The van der Waals surface area contributed by atoms with Gasteiger partial charge < -0.3 is 10.6 Å². The van der Waals surface area contributed by atoms with Crippen LogP contribution < -0.4 is 10.6 Å². The Morgan fingerprint density at radius 1 is 0.980 bits per heavy atom. The molecule has 51 heavy (non-hydrogen) atoms. The number of rotatable bonds is 9. The van der Waals surface area contributed by atoms with E-state index in [0.29, 0.717) is 0 Å². The molecule has 3 heteroatoms. The van der Waals surface area contributed by atoms with Crippen molar-refractivity contribution in [3.63, 3.8) is 0 Å². The number of thioether (sulfide) groups is 1. The van der Waals surface area contributed by atoms with E-state index in [1.54, 1.807) is 11.8 Å². The Labute approximate surface area is 306 Å². The molecule has 6 aliphatic rings. The van der Waals surface area contributed by atoms with Gasteiger partial charge in [0.1, 0.15) is 0 Å². The van der Waals surface area contributed by atoms with Crippen molar-refractivity contribution in [1.29, 1.82) is 0 Å². The third-order valence-electron chi connectivity index (χ3n) is 10.3. The highest BCUT2D eigenvalue weighted by atomic mass is 32.2. The van der Waals surface area contributed by atoms with Gasteiger partial charge in [-0.25, -0.2) is 0 Å². The smallest absolute Gasteiger partial charge is 0.0794 e. The van der Waals surface area contributed by atoms with Crippen LogP contribution in [0, 0.1) is 24.2 Å². The summed E-state index contributed by atoms with van der Waals surface area (Å²) >= 11 is 1.69. The fourth-order valence-corrected chi connectivity index (χ4v) is 8.68. The van der Waals surface area contributed by atoms with Crippen molar-refractivity contribution in [2.75, 3.05) is 0 Å². The third kappa shape index (κ3) is 6.08. The van der Waals surface area contributed by atoms with Gasteiger partial charge in [0.2, 0.25) is 0 Å². The molecule has 248 valence electrons. The highest BCUT2D eigenvalue weighted by Gasteiger charge is 2.53. The molecule has 0 aliphatic heterocycles. The summed E-state index contributed by atoms with van der Waals surface area (Å²) in [4.78, 5) is 2.23. The van der Waals surface area contributed by atoms with E-state index in [1.165, 1.54) is 55.2 Å². The van der Waals surface area contributed by atoms with Gasteiger partial charge in [-0.15, -0.1) is 5.73 Å². The van der Waals surface area contributed by atoms with Crippen LogP contribution in [0.3, 0.4) is 0 Å². The molecule has 2 aromatic carbocycles. The summed E-state index contributed by atoms with van der Waals surface area (Å²) in [5, 5.41) is 7.46. The Morgan fingerprint density at radius 3 is 2.69 bits per heavy atom. The van der Waals surface area contributed by atoms with Crippen molar-refractivity contribution >= 4 is 17.3 Å². The Balaban J connectivity index is 1.07. The minimum Gasteiger partial charge on any atom is -0.383 e. The summed E-state index contributed by atoms with van der Waals surface area (Å²) in [6.45, 7) is 11.2. The first kappa shape index (κ1) is 32.5. The number of fused-ring (bicyclic) bond motifs is 5. The van der Waals surface area contributed by atoms with Gasteiger partial charge in [0.05, 0.1) is 11.5 Å². The molecule has 0 saturated carbocycles. The lowest BCUT2D eigenvalue weighted by atomic mass is 9.63. The Kier molecular flexibility index (Phi) is 8.89. The second kappa shape index (κ2) is 13.9. The first-order chi connectivity index (χ1) is 25.0. The molecule has 2 unspecified atom stereocenters. The second-order valence-electron chi connectivity index (χ2n) is 13.4. The quantitative estimate of drug-likeness (QED) is 0.120. The van der Waals surface area contributed by atoms with Gasteiger partial charge in [-0.3, -0.25) is 0 Å². The summed E-state index contributed by atoms with van der Waals surface area (Å²) in [5.41, 5.74) is 17.4. The SMILES string of the molecule is C=C(/C=C\C=C/NC1CC#CC2=C1C1=C(C=C=C1)C21C(=C)/C=C(NC2=CC=C(c3ccccc3)CC2)\C=C/C2=CCC=C21)Sc1ccccc1C. The summed E-state index contributed by atoms with van der Waals surface area (Å²) in [7, 11) is 0. The van der Waals surface area contributed by atoms with E-state index < -0.39 is 5.41 Å². The Morgan fingerprint density at radius 2 is 1.84 bits per heavy atom. The molecule has 0 fully saturated rings. The first-order valence-corrected chi connectivity index (χ1v) is 18.5. The predicted molar refractivity (Wildman–Crippen MR) is 215 cm³/mol. The molecule has 6 aliphatic carbocycles. The van der Waals surface area contributed by atoms with Crippen LogP contribution in [0.15, 0.2) is 213 Å². The van der Waals surface area contributed by atoms with Crippen molar-refractivity contribution in [2.24, 2.45) is 5.41 Å². The Hall–Kier alpha value is -5.65. The maximum absolute atomic E-state index is 4.82. The highest BCUT2D eigenvalue weighted by molar-refractivity contribution is 8.03.